The van der Waals surface area contributed by atoms with Crippen molar-refractivity contribution in [1.82, 2.24) is 14.8 Å². The molecule has 0 radical (unpaired) electrons. The molecule has 3 heterocycles. The molecule has 4 nitrogen and oxygen atoms in total. The summed E-state index contributed by atoms with van der Waals surface area (Å²) in [7, 11) is 0. The minimum absolute atomic E-state index is 0.126. The van der Waals surface area contributed by atoms with Crippen LogP contribution in [0.1, 0.15) is 15.2 Å². The minimum Gasteiger partial charge on any atom is -0.361 e. The molecule has 1 aromatic carbocycles. The number of nitrogens with one attached hydrogen (secondary N) is 1. The van der Waals surface area contributed by atoms with E-state index >= 15 is 0 Å². The highest BCUT2D eigenvalue weighted by atomic mass is 35.5. The Morgan fingerprint density at radius 2 is 1.96 bits per heavy atom. The predicted molar refractivity (Wildman–Crippen MR) is 104 cm³/mol. The van der Waals surface area contributed by atoms with Crippen molar-refractivity contribution < 1.29 is 4.79 Å². The van der Waals surface area contributed by atoms with Crippen LogP contribution in [-0.4, -0.2) is 53.4 Å². The van der Waals surface area contributed by atoms with E-state index in [-0.39, 0.29) is 5.91 Å². The first-order valence-electron chi connectivity index (χ1n) is 8.52. The highest BCUT2D eigenvalue weighted by Crippen LogP contribution is 2.22. The van der Waals surface area contributed by atoms with Gasteiger partial charge in [-0.3, -0.25) is 9.69 Å². The van der Waals surface area contributed by atoms with Crippen molar-refractivity contribution in [1.29, 1.82) is 0 Å². The average Bonchev–Trinajstić information content (AvgIpc) is 3.27. The number of aromatic amines is 1. The Kier molecular flexibility index (Phi) is 4.79. The number of benzene rings is 1. The van der Waals surface area contributed by atoms with Crippen LogP contribution in [0.15, 0.2) is 42.6 Å². The lowest BCUT2D eigenvalue weighted by molar-refractivity contribution is 0.0639. The van der Waals surface area contributed by atoms with E-state index in [1.165, 1.54) is 4.88 Å². The van der Waals surface area contributed by atoms with Gasteiger partial charge in [-0.2, -0.15) is 0 Å². The van der Waals surface area contributed by atoms with Gasteiger partial charge in [0.15, 0.2) is 0 Å². The van der Waals surface area contributed by atoms with Gasteiger partial charge in [0, 0.05) is 54.9 Å². The average molecular weight is 374 g/mol. The van der Waals surface area contributed by atoms with Gasteiger partial charge < -0.3 is 9.88 Å². The topological polar surface area (TPSA) is 39.3 Å². The largest absolute Gasteiger partial charge is 0.361 e. The van der Waals surface area contributed by atoms with E-state index in [1.807, 2.05) is 41.4 Å². The normalized spacial score (nSPS) is 15.8. The van der Waals surface area contributed by atoms with Crippen molar-refractivity contribution in [2.45, 2.75) is 6.42 Å². The highest BCUT2D eigenvalue weighted by molar-refractivity contribution is 7.16. The minimum atomic E-state index is 0.126. The van der Waals surface area contributed by atoms with Gasteiger partial charge in [0.2, 0.25) is 0 Å². The Morgan fingerprint density at radius 1 is 1.12 bits per heavy atom. The fraction of sp³-hybridized carbons (Fsp3) is 0.316. The second kappa shape index (κ2) is 7.20. The number of aromatic nitrogens is 1. The Balaban J connectivity index is 1.32. The van der Waals surface area contributed by atoms with Gasteiger partial charge in [-0.05, 0) is 42.1 Å². The third kappa shape index (κ3) is 3.73. The molecule has 1 amide bonds. The summed E-state index contributed by atoms with van der Waals surface area (Å²) in [6, 6.07) is 11.9. The number of nitrogens with zero attached hydrogens (tertiary/aromatic N) is 2. The number of hydrogen-bond acceptors (Lipinski definition) is 3. The van der Waals surface area contributed by atoms with Crippen LogP contribution in [0.4, 0.5) is 0 Å². The summed E-state index contributed by atoms with van der Waals surface area (Å²) >= 11 is 7.63. The van der Waals surface area contributed by atoms with Gasteiger partial charge in [0.1, 0.15) is 0 Å². The predicted octanol–water partition coefficient (Wildman–Crippen LogP) is 3.88. The Labute approximate surface area is 156 Å². The summed E-state index contributed by atoms with van der Waals surface area (Å²) in [5.74, 6) is 0.126. The van der Waals surface area contributed by atoms with Crippen molar-refractivity contribution in [3.8, 4) is 0 Å². The van der Waals surface area contributed by atoms with Gasteiger partial charge in [-0.1, -0.05) is 17.7 Å². The standard InChI is InChI=1S/C19H20ClN3OS/c20-18-4-3-16(25-18)6-8-22-9-11-23(12-10-22)19(24)15-2-1-14-5-7-21-17(14)13-15/h1-5,7,13,21H,6,8-12H2. The molecule has 0 spiro atoms. The number of halogens is 1. The van der Waals surface area contributed by atoms with E-state index in [9.17, 15) is 4.79 Å². The Morgan fingerprint density at radius 3 is 2.72 bits per heavy atom. The third-order valence-corrected chi connectivity index (χ3v) is 6.06. The number of carbonyl (C=O) groups excluding carboxylic acids is 1. The summed E-state index contributed by atoms with van der Waals surface area (Å²) < 4.78 is 0.851. The van der Waals surface area contributed by atoms with Crippen molar-refractivity contribution in [2.75, 3.05) is 32.7 Å². The molecule has 1 aliphatic rings. The zero-order valence-electron chi connectivity index (χ0n) is 13.9. The van der Waals surface area contributed by atoms with Crippen LogP contribution in [0, 0.1) is 0 Å². The molecule has 2 aromatic heterocycles. The molecule has 0 bridgehead atoms. The number of piperazine rings is 1. The first-order valence-corrected chi connectivity index (χ1v) is 9.71. The molecule has 0 atom stereocenters. The molecule has 3 aromatic rings. The van der Waals surface area contributed by atoms with Crippen LogP contribution in [0.25, 0.3) is 10.9 Å². The van der Waals surface area contributed by atoms with Crippen LogP contribution >= 0.6 is 22.9 Å². The zero-order chi connectivity index (χ0) is 17.2. The maximum absolute atomic E-state index is 12.7. The van der Waals surface area contributed by atoms with Crippen LogP contribution in [0.3, 0.4) is 0 Å². The first-order chi connectivity index (χ1) is 12.2. The molecule has 0 unspecified atom stereocenters. The Bertz CT molecular complexity index is 880. The van der Waals surface area contributed by atoms with Crippen LogP contribution in [0.5, 0.6) is 0 Å². The van der Waals surface area contributed by atoms with E-state index < -0.39 is 0 Å². The van der Waals surface area contributed by atoms with Gasteiger partial charge >= 0.3 is 0 Å². The number of fused-ring (bicyclic) bond motifs is 1. The smallest absolute Gasteiger partial charge is 0.254 e. The molecular formula is C19H20ClN3OS. The van der Waals surface area contributed by atoms with Crippen molar-refractivity contribution >= 4 is 39.7 Å². The molecule has 25 heavy (non-hydrogen) atoms. The lowest BCUT2D eigenvalue weighted by Gasteiger charge is -2.34. The molecule has 1 N–H and O–H groups in total. The van der Waals surface area contributed by atoms with Crippen LogP contribution < -0.4 is 0 Å². The number of carbonyl (C=O) groups is 1. The first kappa shape index (κ1) is 16.6. The van der Waals surface area contributed by atoms with Crippen LogP contribution in [0.2, 0.25) is 4.34 Å². The van der Waals surface area contributed by atoms with Crippen LogP contribution in [-0.2, 0) is 6.42 Å². The molecule has 1 saturated heterocycles. The van der Waals surface area contributed by atoms with E-state index in [0.29, 0.717) is 0 Å². The van der Waals surface area contributed by atoms with Gasteiger partial charge in [0.25, 0.3) is 5.91 Å². The molecule has 1 fully saturated rings. The van der Waals surface area contributed by atoms with E-state index in [2.05, 4.69) is 16.0 Å². The van der Waals surface area contributed by atoms with E-state index in [0.717, 1.165) is 59.9 Å². The number of hydrogen-bond donors (Lipinski definition) is 1. The molecule has 0 saturated carbocycles. The summed E-state index contributed by atoms with van der Waals surface area (Å²) in [6.45, 7) is 4.44. The summed E-state index contributed by atoms with van der Waals surface area (Å²) in [5.41, 5.74) is 1.77. The molecule has 6 heteroatoms. The SMILES string of the molecule is O=C(c1ccc2cc[nH]c2c1)N1CCN(CCc2ccc(Cl)s2)CC1. The maximum Gasteiger partial charge on any atom is 0.254 e. The molecule has 4 rings (SSSR count). The highest BCUT2D eigenvalue weighted by Gasteiger charge is 2.22. The quantitative estimate of drug-likeness (QED) is 0.753. The second-order valence-electron chi connectivity index (χ2n) is 6.37. The summed E-state index contributed by atoms with van der Waals surface area (Å²) in [5, 5.41) is 1.13. The molecule has 0 aliphatic carbocycles. The number of amides is 1. The van der Waals surface area contributed by atoms with Gasteiger partial charge in [-0.25, -0.2) is 0 Å². The van der Waals surface area contributed by atoms with Gasteiger partial charge in [-0.15, -0.1) is 11.3 Å². The Hall–Kier alpha value is -1.82. The number of thiophene rings is 1. The fourth-order valence-corrected chi connectivity index (χ4v) is 4.37. The molecular weight excluding hydrogens is 354 g/mol. The zero-order valence-corrected chi connectivity index (χ0v) is 15.4. The second-order valence-corrected chi connectivity index (χ2v) is 8.17. The summed E-state index contributed by atoms with van der Waals surface area (Å²) in [4.78, 5) is 21.6. The van der Waals surface area contributed by atoms with Crippen molar-refractivity contribution in [3.63, 3.8) is 0 Å². The van der Waals surface area contributed by atoms with Crippen molar-refractivity contribution in [3.05, 3.63) is 57.4 Å². The monoisotopic (exact) mass is 373 g/mol. The van der Waals surface area contributed by atoms with Gasteiger partial charge in [0.05, 0.1) is 4.34 Å². The summed E-state index contributed by atoms with van der Waals surface area (Å²) in [6.07, 6.45) is 2.92. The number of H-pyrrole nitrogens is 1. The molecule has 1 aliphatic heterocycles. The maximum atomic E-state index is 12.7. The van der Waals surface area contributed by atoms with Crippen molar-refractivity contribution in [2.24, 2.45) is 0 Å². The molecule has 130 valence electrons. The third-order valence-electron chi connectivity index (χ3n) is 4.76. The fourth-order valence-electron chi connectivity index (χ4n) is 3.29. The lowest BCUT2D eigenvalue weighted by Crippen LogP contribution is -2.49. The number of rotatable bonds is 4. The lowest BCUT2D eigenvalue weighted by atomic mass is 10.1. The van der Waals surface area contributed by atoms with E-state index in [4.69, 9.17) is 11.6 Å². The van der Waals surface area contributed by atoms with E-state index in [1.54, 1.807) is 11.3 Å².